The number of piperidine rings is 1. The molecule has 0 saturated carbocycles. The minimum absolute atomic E-state index is 0.206. The van der Waals surface area contributed by atoms with E-state index in [1.165, 1.54) is 10.6 Å². The molecule has 2 saturated heterocycles. The molecule has 0 aromatic carbocycles. The molecule has 2 aliphatic rings. The second-order valence-electron chi connectivity index (χ2n) is 5.87. The van der Waals surface area contributed by atoms with Crippen LogP contribution in [0, 0.1) is 5.92 Å². The molecule has 110 valence electrons. The predicted molar refractivity (Wildman–Crippen MR) is 74.4 cm³/mol. The lowest BCUT2D eigenvalue weighted by atomic mass is 9.92. The second-order valence-corrected chi connectivity index (χ2v) is 7.85. The van der Waals surface area contributed by atoms with E-state index in [4.69, 9.17) is 0 Å². The van der Waals surface area contributed by atoms with Gasteiger partial charge in [0, 0.05) is 32.0 Å². The van der Waals surface area contributed by atoms with Crippen molar-refractivity contribution in [3.63, 3.8) is 0 Å². The third kappa shape index (κ3) is 4.54. The molecule has 0 spiro atoms. The van der Waals surface area contributed by atoms with Gasteiger partial charge in [-0.05, 0) is 38.1 Å². The third-order valence-electron chi connectivity index (χ3n) is 4.10. The highest BCUT2D eigenvalue weighted by molar-refractivity contribution is 7.88. The van der Waals surface area contributed by atoms with E-state index < -0.39 is 10.0 Å². The maximum atomic E-state index is 12.0. The summed E-state index contributed by atoms with van der Waals surface area (Å²) in [5.74, 6) is 0.483. The first-order valence-corrected chi connectivity index (χ1v) is 9.00. The summed E-state index contributed by atoms with van der Waals surface area (Å²) in [6, 6.07) is 0.349. The molecule has 2 fully saturated rings. The van der Waals surface area contributed by atoms with Crippen LogP contribution >= 0.6 is 0 Å². The Morgan fingerprint density at radius 2 is 2.05 bits per heavy atom. The number of nitrogens with zero attached hydrogens (tertiary/aromatic N) is 1. The van der Waals surface area contributed by atoms with Gasteiger partial charge in [-0.15, -0.1) is 0 Å². The number of ketones is 1. The topological polar surface area (TPSA) is 66.5 Å². The molecule has 2 rings (SSSR count). The number of carbonyl (C=O) groups excluding carboxylic acids is 1. The van der Waals surface area contributed by atoms with Gasteiger partial charge in [0.25, 0.3) is 0 Å². The lowest BCUT2D eigenvalue weighted by molar-refractivity contribution is -0.120. The molecule has 2 heterocycles. The maximum Gasteiger partial charge on any atom is 0.211 e. The fraction of sp³-hybridized carbons (Fsp3) is 0.923. The number of hydrogen-bond donors (Lipinski definition) is 1. The van der Waals surface area contributed by atoms with Gasteiger partial charge in [0.15, 0.2) is 0 Å². The average molecular weight is 288 g/mol. The van der Waals surface area contributed by atoms with E-state index >= 15 is 0 Å². The van der Waals surface area contributed by atoms with E-state index in [2.05, 4.69) is 5.32 Å². The molecule has 2 aliphatic heterocycles. The summed E-state index contributed by atoms with van der Waals surface area (Å²) in [5.41, 5.74) is 0. The summed E-state index contributed by atoms with van der Waals surface area (Å²) in [4.78, 5) is 12.0. The molecule has 5 nitrogen and oxygen atoms in total. The minimum Gasteiger partial charge on any atom is -0.314 e. The Bertz CT molecular complexity index is 416. The quantitative estimate of drug-likeness (QED) is 0.811. The SMILES string of the molecule is CS(=O)(=O)N1CCCC(CC(=O)CC2CCCN2)C1. The first kappa shape index (κ1) is 14.9. The molecule has 2 atom stereocenters. The van der Waals surface area contributed by atoms with Crippen LogP contribution in [0.3, 0.4) is 0 Å². The van der Waals surface area contributed by atoms with Crippen molar-refractivity contribution in [2.75, 3.05) is 25.9 Å². The van der Waals surface area contributed by atoms with Crippen molar-refractivity contribution >= 4 is 15.8 Å². The van der Waals surface area contributed by atoms with Gasteiger partial charge in [-0.25, -0.2) is 12.7 Å². The maximum absolute atomic E-state index is 12.0. The number of carbonyl (C=O) groups is 1. The van der Waals surface area contributed by atoms with E-state index in [1.54, 1.807) is 0 Å². The van der Waals surface area contributed by atoms with Crippen molar-refractivity contribution in [1.82, 2.24) is 9.62 Å². The van der Waals surface area contributed by atoms with Gasteiger partial charge in [0.05, 0.1) is 6.26 Å². The zero-order chi connectivity index (χ0) is 13.9. The van der Waals surface area contributed by atoms with E-state index in [0.717, 1.165) is 32.2 Å². The second kappa shape index (κ2) is 6.33. The van der Waals surface area contributed by atoms with Gasteiger partial charge < -0.3 is 5.32 Å². The normalized spacial score (nSPS) is 29.5. The summed E-state index contributed by atoms with van der Waals surface area (Å²) in [6.45, 7) is 2.14. The molecule has 0 bridgehead atoms. The minimum atomic E-state index is -3.11. The summed E-state index contributed by atoms with van der Waals surface area (Å²) in [5, 5.41) is 3.33. The van der Waals surface area contributed by atoms with Crippen molar-refractivity contribution in [2.45, 2.75) is 44.6 Å². The molecule has 0 amide bonds. The highest BCUT2D eigenvalue weighted by atomic mass is 32.2. The first-order valence-electron chi connectivity index (χ1n) is 7.15. The summed E-state index contributed by atoms with van der Waals surface area (Å²) in [6.07, 6.45) is 6.47. The molecule has 0 aliphatic carbocycles. The summed E-state index contributed by atoms with van der Waals surface area (Å²) >= 11 is 0. The lowest BCUT2D eigenvalue weighted by Gasteiger charge is -2.30. The van der Waals surface area contributed by atoms with E-state index in [-0.39, 0.29) is 11.7 Å². The van der Waals surface area contributed by atoms with Crippen LogP contribution in [0.4, 0.5) is 0 Å². The largest absolute Gasteiger partial charge is 0.314 e. The van der Waals surface area contributed by atoms with Crippen LogP contribution in [-0.4, -0.2) is 50.4 Å². The molecule has 0 radical (unpaired) electrons. The zero-order valence-corrected chi connectivity index (χ0v) is 12.4. The Morgan fingerprint density at radius 3 is 2.68 bits per heavy atom. The highest BCUT2D eigenvalue weighted by Gasteiger charge is 2.28. The van der Waals surface area contributed by atoms with Gasteiger partial charge >= 0.3 is 0 Å². The monoisotopic (exact) mass is 288 g/mol. The van der Waals surface area contributed by atoms with Crippen molar-refractivity contribution in [1.29, 1.82) is 0 Å². The Morgan fingerprint density at radius 1 is 1.26 bits per heavy atom. The smallest absolute Gasteiger partial charge is 0.211 e. The molecule has 6 heteroatoms. The highest BCUT2D eigenvalue weighted by Crippen LogP contribution is 2.23. The van der Waals surface area contributed by atoms with Crippen LogP contribution in [0.25, 0.3) is 0 Å². The Balaban J connectivity index is 1.79. The van der Waals surface area contributed by atoms with Crippen LogP contribution in [0.15, 0.2) is 0 Å². The van der Waals surface area contributed by atoms with E-state index in [9.17, 15) is 13.2 Å². The summed E-state index contributed by atoms with van der Waals surface area (Å²) < 4.78 is 24.6. The van der Waals surface area contributed by atoms with Crippen LogP contribution in [0.5, 0.6) is 0 Å². The van der Waals surface area contributed by atoms with Gasteiger partial charge in [0.1, 0.15) is 5.78 Å². The Labute approximate surface area is 115 Å². The summed E-state index contributed by atoms with van der Waals surface area (Å²) in [7, 11) is -3.11. The third-order valence-corrected chi connectivity index (χ3v) is 5.37. The number of Topliss-reactive ketones (excluding diaryl/α,β-unsaturated/α-hetero) is 1. The van der Waals surface area contributed by atoms with Crippen LogP contribution in [0.2, 0.25) is 0 Å². The number of rotatable bonds is 5. The van der Waals surface area contributed by atoms with Gasteiger partial charge in [-0.1, -0.05) is 0 Å². The van der Waals surface area contributed by atoms with Crippen LogP contribution < -0.4 is 5.32 Å². The number of nitrogens with one attached hydrogen (secondary N) is 1. The molecule has 1 N–H and O–H groups in total. The average Bonchev–Trinajstić information content (AvgIpc) is 2.80. The van der Waals surface area contributed by atoms with Crippen LogP contribution in [-0.2, 0) is 14.8 Å². The fourth-order valence-electron chi connectivity index (χ4n) is 3.11. The zero-order valence-electron chi connectivity index (χ0n) is 11.6. The fourth-order valence-corrected chi connectivity index (χ4v) is 4.05. The van der Waals surface area contributed by atoms with E-state index in [0.29, 0.717) is 32.0 Å². The molecular weight excluding hydrogens is 264 g/mol. The van der Waals surface area contributed by atoms with Crippen molar-refractivity contribution in [3.05, 3.63) is 0 Å². The molecular formula is C13H24N2O3S. The number of hydrogen-bond acceptors (Lipinski definition) is 4. The lowest BCUT2D eigenvalue weighted by Crippen LogP contribution is -2.40. The van der Waals surface area contributed by atoms with Crippen molar-refractivity contribution in [2.24, 2.45) is 5.92 Å². The van der Waals surface area contributed by atoms with Gasteiger partial charge in [0.2, 0.25) is 10.0 Å². The van der Waals surface area contributed by atoms with Crippen molar-refractivity contribution < 1.29 is 13.2 Å². The molecule has 2 unspecified atom stereocenters. The standard InChI is InChI=1S/C13H24N2O3S/c1-19(17,18)15-7-3-4-11(10-15)8-13(16)9-12-5-2-6-14-12/h11-12,14H,2-10H2,1H3. The van der Waals surface area contributed by atoms with Gasteiger partial charge in [-0.2, -0.15) is 0 Å². The predicted octanol–water partition coefficient (Wildman–Crippen LogP) is 0.759. The molecule has 0 aromatic rings. The molecule has 19 heavy (non-hydrogen) atoms. The van der Waals surface area contributed by atoms with Crippen LogP contribution in [0.1, 0.15) is 38.5 Å². The van der Waals surface area contributed by atoms with Gasteiger partial charge in [-0.3, -0.25) is 4.79 Å². The number of sulfonamides is 1. The van der Waals surface area contributed by atoms with E-state index in [1.807, 2.05) is 0 Å². The Kier molecular flexibility index (Phi) is 4.97. The Hall–Kier alpha value is -0.460. The molecule has 0 aromatic heterocycles. The van der Waals surface area contributed by atoms with Crippen molar-refractivity contribution in [3.8, 4) is 0 Å². The first-order chi connectivity index (χ1) is 8.95.